The van der Waals surface area contributed by atoms with E-state index in [2.05, 4.69) is 4.74 Å². The van der Waals surface area contributed by atoms with Crippen LogP contribution in [0.25, 0.3) is 0 Å². The Morgan fingerprint density at radius 3 is 2.78 bits per heavy atom. The second-order valence-corrected chi connectivity index (χ2v) is 5.18. The molecule has 0 saturated carbocycles. The molecule has 0 fully saturated rings. The van der Waals surface area contributed by atoms with E-state index >= 15 is 0 Å². The highest BCUT2D eigenvalue weighted by Crippen LogP contribution is 2.31. The van der Waals surface area contributed by atoms with Gasteiger partial charge in [0.2, 0.25) is 0 Å². The molecule has 2 rings (SSSR count). The topological polar surface area (TPSA) is 26.3 Å². The van der Waals surface area contributed by atoms with Crippen molar-refractivity contribution >= 4 is 17.5 Å². The molecule has 0 amide bonds. The summed E-state index contributed by atoms with van der Waals surface area (Å²) in [6.45, 7) is 1.78. The highest BCUT2D eigenvalue weighted by molar-refractivity contribution is 7.98. The third-order valence-corrected chi connectivity index (χ3v) is 3.90. The molecule has 2 nitrogen and oxygen atoms in total. The number of ether oxygens (including phenoxy) is 1. The molecule has 98 valence electrons. The summed E-state index contributed by atoms with van der Waals surface area (Å²) in [5.74, 6) is 0.675. The first-order chi connectivity index (χ1) is 8.37. The maximum Gasteiger partial charge on any atom is 0.573 e. The molecule has 1 aliphatic rings. The van der Waals surface area contributed by atoms with Gasteiger partial charge < -0.3 is 4.74 Å². The number of ketones is 1. The number of thioether (sulfide) groups is 1. The summed E-state index contributed by atoms with van der Waals surface area (Å²) in [4.78, 5) is 12.0. The Hall–Kier alpha value is -1.17. The summed E-state index contributed by atoms with van der Waals surface area (Å²) in [5.41, 5.74) is 1.11. The largest absolute Gasteiger partial charge is 0.573 e. The lowest BCUT2D eigenvalue weighted by Gasteiger charge is -2.12. The Kier molecular flexibility index (Phi) is 3.56. The minimum Gasteiger partial charge on any atom is -0.406 e. The molecule has 0 radical (unpaired) electrons. The lowest BCUT2D eigenvalue weighted by Crippen LogP contribution is -2.18. The van der Waals surface area contributed by atoms with Crippen LogP contribution in [0.15, 0.2) is 18.2 Å². The van der Waals surface area contributed by atoms with Gasteiger partial charge in [0, 0.05) is 23.0 Å². The number of hydrogen-bond donors (Lipinski definition) is 0. The van der Waals surface area contributed by atoms with E-state index in [4.69, 9.17) is 0 Å². The van der Waals surface area contributed by atoms with Gasteiger partial charge in [-0.3, -0.25) is 4.79 Å². The van der Waals surface area contributed by atoms with Crippen LogP contribution < -0.4 is 4.74 Å². The van der Waals surface area contributed by atoms with E-state index in [1.54, 1.807) is 18.7 Å². The summed E-state index contributed by atoms with van der Waals surface area (Å²) >= 11 is 1.61. The second kappa shape index (κ2) is 4.84. The molecule has 1 atom stereocenters. The van der Waals surface area contributed by atoms with Gasteiger partial charge in [-0.2, -0.15) is 11.8 Å². The van der Waals surface area contributed by atoms with Gasteiger partial charge in [-0.1, -0.05) is 13.0 Å². The predicted octanol–water partition coefficient (Wildman–Crippen LogP) is 3.65. The Labute approximate surface area is 107 Å². The molecule has 1 aromatic carbocycles. The van der Waals surface area contributed by atoms with Crippen molar-refractivity contribution in [2.24, 2.45) is 5.92 Å². The number of alkyl halides is 3. The standard InChI is InChI=1S/C12H11F3O2S/c1-7-5-18-6-8-2-3-9(17-12(13,14)15)4-10(8)11(7)16/h2-4,7H,5-6H2,1H3. The quantitative estimate of drug-likeness (QED) is 0.783. The first-order valence-electron chi connectivity index (χ1n) is 5.37. The number of carbonyl (C=O) groups is 1. The van der Waals surface area contributed by atoms with E-state index in [0.29, 0.717) is 17.1 Å². The molecule has 6 heteroatoms. The molecular weight excluding hydrogens is 265 g/mol. The van der Waals surface area contributed by atoms with Gasteiger partial charge in [0.1, 0.15) is 5.75 Å². The van der Waals surface area contributed by atoms with E-state index in [0.717, 1.165) is 5.56 Å². The van der Waals surface area contributed by atoms with Crippen LogP contribution in [0.2, 0.25) is 0 Å². The van der Waals surface area contributed by atoms with E-state index in [-0.39, 0.29) is 17.5 Å². The fraction of sp³-hybridized carbons (Fsp3) is 0.417. The zero-order valence-corrected chi connectivity index (χ0v) is 10.4. The summed E-state index contributed by atoms with van der Waals surface area (Å²) in [6, 6.07) is 3.96. The van der Waals surface area contributed by atoms with Crippen LogP contribution in [-0.4, -0.2) is 17.9 Å². The van der Waals surface area contributed by atoms with E-state index in [1.165, 1.54) is 18.2 Å². The first-order valence-corrected chi connectivity index (χ1v) is 6.53. The van der Waals surface area contributed by atoms with Crippen molar-refractivity contribution in [1.29, 1.82) is 0 Å². The van der Waals surface area contributed by atoms with Gasteiger partial charge in [0.15, 0.2) is 5.78 Å². The molecule has 18 heavy (non-hydrogen) atoms. The van der Waals surface area contributed by atoms with Crippen LogP contribution in [0, 0.1) is 5.92 Å². The molecule has 1 heterocycles. The number of fused-ring (bicyclic) bond motifs is 1. The zero-order valence-electron chi connectivity index (χ0n) is 9.58. The van der Waals surface area contributed by atoms with Crippen molar-refractivity contribution in [2.75, 3.05) is 5.75 Å². The van der Waals surface area contributed by atoms with Crippen molar-refractivity contribution in [2.45, 2.75) is 19.0 Å². The van der Waals surface area contributed by atoms with Crippen molar-refractivity contribution in [3.63, 3.8) is 0 Å². The molecule has 0 bridgehead atoms. The van der Waals surface area contributed by atoms with E-state index < -0.39 is 6.36 Å². The average Bonchev–Trinajstić information content (AvgIpc) is 2.39. The summed E-state index contributed by atoms with van der Waals surface area (Å²) in [7, 11) is 0. The molecule has 0 N–H and O–H groups in total. The second-order valence-electron chi connectivity index (χ2n) is 4.15. The van der Waals surface area contributed by atoms with Gasteiger partial charge >= 0.3 is 6.36 Å². The fourth-order valence-electron chi connectivity index (χ4n) is 1.79. The Morgan fingerprint density at radius 1 is 1.39 bits per heavy atom. The zero-order chi connectivity index (χ0) is 13.3. The number of carbonyl (C=O) groups excluding carboxylic acids is 1. The predicted molar refractivity (Wildman–Crippen MR) is 62.8 cm³/mol. The molecule has 0 saturated heterocycles. The van der Waals surface area contributed by atoms with Crippen molar-refractivity contribution in [3.05, 3.63) is 29.3 Å². The van der Waals surface area contributed by atoms with E-state index in [9.17, 15) is 18.0 Å². The maximum absolute atomic E-state index is 12.1. The number of rotatable bonds is 1. The molecule has 0 spiro atoms. The Morgan fingerprint density at radius 2 is 2.11 bits per heavy atom. The van der Waals surface area contributed by atoms with Crippen LogP contribution in [0.5, 0.6) is 5.75 Å². The third-order valence-electron chi connectivity index (χ3n) is 2.65. The van der Waals surface area contributed by atoms with Crippen molar-refractivity contribution in [3.8, 4) is 5.75 Å². The number of benzene rings is 1. The third kappa shape index (κ3) is 2.98. The molecule has 0 aromatic heterocycles. The van der Waals surface area contributed by atoms with Crippen LogP contribution >= 0.6 is 11.8 Å². The van der Waals surface area contributed by atoms with Gasteiger partial charge in [0.25, 0.3) is 0 Å². The number of hydrogen-bond acceptors (Lipinski definition) is 3. The van der Waals surface area contributed by atoms with Gasteiger partial charge in [0.05, 0.1) is 0 Å². The van der Waals surface area contributed by atoms with Gasteiger partial charge in [-0.15, -0.1) is 13.2 Å². The summed E-state index contributed by atoms with van der Waals surface area (Å²) in [5, 5.41) is 0. The van der Waals surface area contributed by atoms with Gasteiger partial charge in [-0.05, 0) is 17.7 Å². The maximum atomic E-state index is 12.1. The molecule has 1 aromatic rings. The molecule has 1 aliphatic heterocycles. The molecular formula is C12H11F3O2S. The molecule has 1 unspecified atom stereocenters. The SMILES string of the molecule is CC1CSCc2ccc(OC(F)(F)F)cc2C1=O. The normalized spacial score (nSPS) is 20.2. The van der Waals surface area contributed by atoms with Crippen LogP contribution in [0.1, 0.15) is 22.8 Å². The minimum absolute atomic E-state index is 0.123. The molecule has 0 aliphatic carbocycles. The van der Waals surface area contributed by atoms with Crippen molar-refractivity contribution < 1.29 is 22.7 Å². The van der Waals surface area contributed by atoms with Crippen LogP contribution in [-0.2, 0) is 5.75 Å². The average molecular weight is 276 g/mol. The monoisotopic (exact) mass is 276 g/mol. The summed E-state index contributed by atoms with van der Waals surface area (Å²) < 4.78 is 40.2. The lowest BCUT2D eigenvalue weighted by atomic mass is 9.97. The van der Waals surface area contributed by atoms with Crippen LogP contribution in [0.4, 0.5) is 13.2 Å². The van der Waals surface area contributed by atoms with Crippen molar-refractivity contribution in [1.82, 2.24) is 0 Å². The van der Waals surface area contributed by atoms with E-state index in [1.807, 2.05) is 0 Å². The minimum atomic E-state index is -4.73. The fourth-order valence-corrected chi connectivity index (χ4v) is 2.89. The smallest absolute Gasteiger partial charge is 0.406 e. The number of halogens is 3. The Bertz CT molecular complexity index is 471. The lowest BCUT2D eigenvalue weighted by molar-refractivity contribution is -0.274. The first kappa shape index (κ1) is 13.3. The van der Waals surface area contributed by atoms with Crippen LogP contribution in [0.3, 0.4) is 0 Å². The summed E-state index contributed by atoms with van der Waals surface area (Å²) in [6.07, 6.45) is -4.73. The highest BCUT2D eigenvalue weighted by atomic mass is 32.2. The Balaban J connectivity index is 2.35. The number of Topliss-reactive ketones (excluding diaryl/α,β-unsaturated/α-hetero) is 1. The highest BCUT2D eigenvalue weighted by Gasteiger charge is 2.32. The van der Waals surface area contributed by atoms with Gasteiger partial charge in [-0.25, -0.2) is 0 Å².